The molecule has 2 saturated carbocycles. The Kier molecular flexibility index (Phi) is 6.98. The number of hydrogen-bond acceptors (Lipinski definition) is 2. The van der Waals surface area contributed by atoms with Gasteiger partial charge in [-0.15, -0.1) is 0 Å². The first-order valence-electron chi connectivity index (χ1n) is 14.7. The van der Waals surface area contributed by atoms with E-state index in [2.05, 4.69) is 41.4 Å². The molecule has 4 atom stereocenters. The van der Waals surface area contributed by atoms with Gasteiger partial charge in [0.05, 0.1) is 16.5 Å². The first-order valence-corrected chi connectivity index (χ1v) is 14.7. The Labute approximate surface area is 236 Å². The van der Waals surface area contributed by atoms with Gasteiger partial charge in [0.25, 0.3) is 0 Å². The molecule has 0 aromatic heterocycles. The van der Waals surface area contributed by atoms with Gasteiger partial charge < -0.3 is 10.2 Å². The minimum Gasteiger partial charge on any atom is -0.352 e. The lowest BCUT2D eigenvalue weighted by Gasteiger charge is -2.47. The molecule has 41 heavy (non-hydrogen) atoms. The van der Waals surface area contributed by atoms with E-state index >= 15 is 0 Å². The Balaban J connectivity index is 1.14. The maximum atomic E-state index is 13.6. The molecule has 3 aliphatic carbocycles. The second kappa shape index (κ2) is 10.0. The topological polar surface area (TPSA) is 32.3 Å². The van der Waals surface area contributed by atoms with Crippen LogP contribution in [0.4, 0.5) is 26.3 Å². The molecular formula is C32H36F6N2O. The molecule has 2 aromatic rings. The van der Waals surface area contributed by atoms with Crippen molar-refractivity contribution < 1.29 is 31.1 Å². The number of nitrogens with zero attached hydrogens (tertiary/aromatic N) is 1. The van der Waals surface area contributed by atoms with Crippen molar-refractivity contribution in [3.8, 4) is 0 Å². The van der Waals surface area contributed by atoms with Crippen LogP contribution >= 0.6 is 0 Å². The number of fused-ring (bicyclic) bond motifs is 2. The van der Waals surface area contributed by atoms with Crippen molar-refractivity contribution in [2.24, 2.45) is 17.3 Å². The lowest BCUT2D eigenvalue weighted by atomic mass is 9.67. The molecule has 3 nitrogen and oxygen atoms in total. The summed E-state index contributed by atoms with van der Waals surface area (Å²) in [7, 11) is 0. The molecule has 3 fully saturated rings. The Bertz CT molecular complexity index is 1290. The van der Waals surface area contributed by atoms with Gasteiger partial charge in [0.15, 0.2) is 0 Å². The molecule has 1 heterocycles. The molecule has 4 aliphatic rings. The molecule has 1 saturated heterocycles. The largest absolute Gasteiger partial charge is 0.416 e. The molecule has 0 radical (unpaired) electrons. The van der Waals surface area contributed by atoms with Crippen LogP contribution in [0, 0.1) is 17.3 Å². The second-order valence-corrected chi connectivity index (χ2v) is 12.9. The van der Waals surface area contributed by atoms with E-state index in [0.717, 1.165) is 45.2 Å². The Morgan fingerprint density at radius 3 is 2.27 bits per heavy atom. The quantitative estimate of drug-likeness (QED) is 0.373. The SMILES string of the molecule is C[C@H]1CN(C2CCC(C(=O)NCc3cc(C(F)(F)F)cc(C(F)(F)F)c3)(C3CC3)C2)CC[C@@]12CCc1ccccc12. The first kappa shape index (κ1) is 28.6. The Morgan fingerprint density at radius 2 is 1.63 bits per heavy atom. The van der Waals surface area contributed by atoms with Crippen LogP contribution in [-0.2, 0) is 35.5 Å². The van der Waals surface area contributed by atoms with Gasteiger partial charge in [0, 0.05) is 24.5 Å². The number of aryl methyl sites for hydroxylation is 1. The van der Waals surface area contributed by atoms with E-state index in [1.54, 1.807) is 0 Å². The second-order valence-electron chi connectivity index (χ2n) is 12.9. The fraction of sp³-hybridized carbons (Fsp3) is 0.594. The van der Waals surface area contributed by atoms with Crippen molar-refractivity contribution in [3.63, 3.8) is 0 Å². The van der Waals surface area contributed by atoms with Gasteiger partial charge >= 0.3 is 12.4 Å². The Morgan fingerprint density at radius 1 is 0.951 bits per heavy atom. The molecule has 2 unspecified atom stereocenters. The summed E-state index contributed by atoms with van der Waals surface area (Å²) < 4.78 is 79.9. The van der Waals surface area contributed by atoms with E-state index in [9.17, 15) is 31.1 Å². The van der Waals surface area contributed by atoms with Crippen LogP contribution < -0.4 is 5.32 Å². The summed E-state index contributed by atoms with van der Waals surface area (Å²) in [6, 6.07) is 10.5. The maximum Gasteiger partial charge on any atom is 0.416 e. The lowest BCUT2D eigenvalue weighted by Crippen LogP contribution is -2.51. The van der Waals surface area contributed by atoms with E-state index in [1.165, 1.54) is 17.5 Å². The smallest absolute Gasteiger partial charge is 0.352 e. The molecule has 1 spiro atoms. The van der Waals surface area contributed by atoms with E-state index in [-0.39, 0.29) is 41.5 Å². The van der Waals surface area contributed by atoms with Gasteiger partial charge in [-0.2, -0.15) is 26.3 Å². The van der Waals surface area contributed by atoms with Crippen molar-refractivity contribution >= 4 is 5.91 Å². The number of carbonyl (C=O) groups excluding carboxylic acids is 1. The average molecular weight is 579 g/mol. The first-order chi connectivity index (χ1) is 19.3. The minimum absolute atomic E-state index is 0.118. The monoisotopic (exact) mass is 578 g/mol. The number of amides is 1. The third kappa shape index (κ3) is 5.17. The fourth-order valence-electron chi connectivity index (χ4n) is 8.27. The average Bonchev–Trinajstić information content (AvgIpc) is 3.58. The van der Waals surface area contributed by atoms with Crippen LogP contribution in [0.2, 0.25) is 0 Å². The number of nitrogens with one attached hydrogen (secondary N) is 1. The highest BCUT2D eigenvalue weighted by atomic mass is 19.4. The lowest BCUT2D eigenvalue weighted by molar-refractivity contribution is -0.143. The van der Waals surface area contributed by atoms with Crippen molar-refractivity contribution in [2.75, 3.05) is 13.1 Å². The summed E-state index contributed by atoms with van der Waals surface area (Å²) in [6.07, 6.45) is -2.34. The van der Waals surface area contributed by atoms with Crippen LogP contribution in [0.3, 0.4) is 0 Å². The molecule has 1 amide bonds. The van der Waals surface area contributed by atoms with Gasteiger partial charge in [-0.05, 0) is 105 Å². The number of benzene rings is 2. The van der Waals surface area contributed by atoms with Crippen LogP contribution in [0.15, 0.2) is 42.5 Å². The highest BCUT2D eigenvalue weighted by molar-refractivity contribution is 5.84. The van der Waals surface area contributed by atoms with Crippen LogP contribution in [0.5, 0.6) is 0 Å². The molecule has 2 aromatic carbocycles. The highest BCUT2D eigenvalue weighted by Crippen LogP contribution is 2.57. The number of likely N-dealkylation sites (tertiary alicyclic amines) is 1. The summed E-state index contributed by atoms with van der Waals surface area (Å²) in [5, 5.41) is 2.75. The molecule has 1 N–H and O–H groups in total. The zero-order valence-corrected chi connectivity index (χ0v) is 23.2. The number of rotatable bonds is 5. The van der Waals surface area contributed by atoms with Crippen molar-refractivity contribution in [2.45, 2.75) is 88.6 Å². The standard InChI is InChI=1S/C32H36F6N2O/c1-20-19-40(13-12-29(20)10-8-22-4-2-3-5-27(22)29)26-9-11-30(17-26,23-6-7-23)28(41)39-18-21-14-24(31(33,34)35)16-25(15-21)32(36,37)38/h2-5,14-16,20,23,26H,6-13,17-19H2,1H3,(H,39,41)/t20-,26?,29-,30?/m0/s1. The Hall–Kier alpha value is -2.55. The number of hydrogen-bond donors (Lipinski definition) is 1. The number of carbonyl (C=O) groups is 1. The highest BCUT2D eigenvalue weighted by Gasteiger charge is 2.56. The van der Waals surface area contributed by atoms with Crippen molar-refractivity contribution in [3.05, 3.63) is 70.3 Å². The molecular weight excluding hydrogens is 542 g/mol. The normalized spacial score (nSPS) is 30.5. The summed E-state index contributed by atoms with van der Waals surface area (Å²) >= 11 is 0. The van der Waals surface area contributed by atoms with E-state index in [1.807, 2.05) is 0 Å². The number of alkyl halides is 6. The third-order valence-corrected chi connectivity index (χ3v) is 10.6. The summed E-state index contributed by atoms with van der Waals surface area (Å²) in [6.45, 7) is 3.91. The zero-order valence-electron chi connectivity index (χ0n) is 23.2. The summed E-state index contributed by atoms with van der Waals surface area (Å²) in [5.74, 6) is 0.461. The van der Waals surface area contributed by atoms with Crippen molar-refractivity contribution in [1.82, 2.24) is 10.2 Å². The molecule has 6 rings (SSSR count). The van der Waals surface area contributed by atoms with Gasteiger partial charge in [-0.1, -0.05) is 31.2 Å². The van der Waals surface area contributed by atoms with Crippen LogP contribution in [0.25, 0.3) is 0 Å². The van der Waals surface area contributed by atoms with E-state index < -0.39 is 28.9 Å². The van der Waals surface area contributed by atoms with E-state index in [4.69, 9.17) is 0 Å². The summed E-state index contributed by atoms with van der Waals surface area (Å²) in [5.41, 5.74) is -0.385. The predicted molar refractivity (Wildman–Crippen MR) is 143 cm³/mol. The van der Waals surface area contributed by atoms with Crippen LogP contribution in [0.1, 0.15) is 79.7 Å². The van der Waals surface area contributed by atoms with Gasteiger partial charge in [0.2, 0.25) is 5.91 Å². The third-order valence-electron chi connectivity index (χ3n) is 10.6. The molecule has 222 valence electrons. The number of piperidine rings is 1. The zero-order chi connectivity index (χ0) is 29.2. The van der Waals surface area contributed by atoms with Gasteiger partial charge in [-0.3, -0.25) is 4.79 Å². The molecule has 1 aliphatic heterocycles. The van der Waals surface area contributed by atoms with Crippen LogP contribution in [-0.4, -0.2) is 29.9 Å². The molecule has 9 heteroatoms. The van der Waals surface area contributed by atoms with Gasteiger partial charge in [0.1, 0.15) is 0 Å². The minimum atomic E-state index is -4.92. The molecule has 0 bridgehead atoms. The fourth-order valence-corrected chi connectivity index (χ4v) is 8.27. The number of halogens is 6. The van der Waals surface area contributed by atoms with Crippen molar-refractivity contribution in [1.29, 1.82) is 0 Å². The van der Waals surface area contributed by atoms with E-state index in [0.29, 0.717) is 30.9 Å². The maximum absolute atomic E-state index is 13.6. The predicted octanol–water partition coefficient (Wildman–Crippen LogP) is 7.52. The van der Waals surface area contributed by atoms with Gasteiger partial charge in [-0.25, -0.2) is 0 Å². The summed E-state index contributed by atoms with van der Waals surface area (Å²) in [4.78, 5) is 16.2.